The zero-order chi connectivity index (χ0) is 12.4. The molecule has 1 aromatic heterocycles. The summed E-state index contributed by atoms with van der Waals surface area (Å²) < 4.78 is 1.89. The minimum Gasteiger partial charge on any atom is -0.478 e. The van der Waals surface area contributed by atoms with Crippen molar-refractivity contribution in [2.24, 2.45) is 0 Å². The van der Waals surface area contributed by atoms with E-state index in [-0.39, 0.29) is 10.6 Å². The first kappa shape index (κ1) is 11.7. The molecule has 2 aromatic rings. The zero-order valence-corrected chi connectivity index (χ0v) is 9.98. The molecule has 17 heavy (non-hydrogen) atoms. The number of benzene rings is 1. The molecule has 0 unspecified atom stereocenters. The molecule has 88 valence electrons. The molecule has 1 heterocycles. The third-order valence-corrected chi connectivity index (χ3v) is 2.81. The Morgan fingerprint density at radius 1 is 1.53 bits per heavy atom. The third-order valence-electron chi connectivity index (χ3n) is 2.49. The number of carboxylic acid groups (broad SMARTS) is 1. The average molecular weight is 251 g/mol. The number of halogens is 1. The number of hydrogen-bond acceptors (Lipinski definition) is 2. The van der Waals surface area contributed by atoms with E-state index in [1.54, 1.807) is 18.3 Å². The lowest BCUT2D eigenvalue weighted by Gasteiger charge is -2.08. The fourth-order valence-corrected chi connectivity index (χ4v) is 1.91. The van der Waals surface area contributed by atoms with E-state index in [2.05, 4.69) is 4.98 Å². The Labute approximate surface area is 103 Å². The molecule has 4 nitrogen and oxygen atoms in total. The quantitative estimate of drug-likeness (QED) is 0.911. The number of rotatable bonds is 3. The third kappa shape index (κ3) is 2.17. The molecule has 2 rings (SSSR count). The monoisotopic (exact) mass is 250 g/mol. The van der Waals surface area contributed by atoms with E-state index >= 15 is 0 Å². The highest BCUT2D eigenvalue weighted by atomic mass is 35.5. The number of aromatic nitrogens is 2. The van der Waals surface area contributed by atoms with Crippen molar-refractivity contribution in [3.05, 3.63) is 47.0 Å². The van der Waals surface area contributed by atoms with Gasteiger partial charge in [-0.3, -0.25) is 0 Å². The molecule has 0 amide bonds. The summed E-state index contributed by atoms with van der Waals surface area (Å²) in [6.45, 7) is 2.01. The molecule has 0 bridgehead atoms. The lowest BCUT2D eigenvalue weighted by molar-refractivity contribution is 0.0697. The van der Waals surface area contributed by atoms with Crippen molar-refractivity contribution in [1.82, 2.24) is 9.55 Å². The normalized spacial score (nSPS) is 10.5. The molecular formula is C12H11ClN2O2. The average Bonchev–Trinajstić information content (AvgIpc) is 2.76. The molecule has 1 aromatic carbocycles. The fourth-order valence-electron chi connectivity index (χ4n) is 1.66. The van der Waals surface area contributed by atoms with Crippen molar-refractivity contribution in [3.63, 3.8) is 0 Å². The first-order valence-corrected chi connectivity index (χ1v) is 5.56. The smallest absolute Gasteiger partial charge is 0.337 e. The molecule has 0 atom stereocenters. The van der Waals surface area contributed by atoms with Crippen molar-refractivity contribution < 1.29 is 9.90 Å². The van der Waals surface area contributed by atoms with Gasteiger partial charge in [0.2, 0.25) is 0 Å². The first-order valence-electron chi connectivity index (χ1n) is 5.19. The van der Waals surface area contributed by atoms with Crippen molar-refractivity contribution in [1.29, 1.82) is 0 Å². The summed E-state index contributed by atoms with van der Waals surface area (Å²) in [7, 11) is 0. The number of nitrogens with zero attached hydrogens (tertiary/aromatic N) is 2. The second kappa shape index (κ2) is 4.59. The zero-order valence-electron chi connectivity index (χ0n) is 9.22. The van der Waals surface area contributed by atoms with Gasteiger partial charge in [0.1, 0.15) is 5.82 Å². The van der Waals surface area contributed by atoms with Crippen LogP contribution in [0.5, 0.6) is 0 Å². The largest absolute Gasteiger partial charge is 0.478 e. The molecule has 0 aliphatic rings. The number of carbonyl (C=O) groups is 1. The van der Waals surface area contributed by atoms with Gasteiger partial charge in [-0.2, -0.15) is 0 Å². The SMILES string of the molecule is CCc1nccn1-c1ccc(C(=O)O)c(Cl)c1. The molecule has 0 radical (unpaired) electrons. The molecule has 0 fully saturated rings. The number of aromatic carboxylic acids is 1. The molecule has 5 heteroatoms. The van der Waals surface area contributed by atoms with Crippen LogP contribution in [-0.4, -0.2) is 20.6 Å². The molecule has 0 saturated carbocycles. The van der Waals surface area contributed by atoms with Crippen LogP contribution >= 0.6 is 11.6 Å². The fraction of sp³-hybridized carbons (Fsp3) is 0.167. The molecule has 0 spiro atoms. The van der Waals surface area contributed by atoms with Crippen molar-refractivity contribution in [3.8, 4) is 5.69 Å². The van der Waals surface area contributed by atoms with Crippen LogP contribution in [0.15, 0.2) is 30.6 Å². The second-order valence-electron chi connectivity index (χ2n) is 3.54. The van der Waals surface area contributed by atoms with Gasteiger partial charge in [-0.1, -0.05) is 18.5 Å². The Hall–Kier alpha value is -1.81. The van der Waals surface area contributed by atoms with Gasteiger partial charge in [-0.15, -0.1) is 0 Å². The Balaban J connectivity index is 2.48. The van der Waals surface area contributed by atoms with Gasteiger partial charge in [0.05, 0.1) is 10.6 Å². The number of carboxylic acids is 1. The summed E-state index contributed by atoms with van der Waals surface area (Å²) in [6.07, 6.45) is 4.33. The van der Waals surface area contributed by atoms with Crippen LogP contribution in [0.2, 0.25) is 5.02 Å². The molecule has 0 aliphatic carbocycles. The van der Waals surface area contributed by atoms with E-state index < -0.39 is 5.97 Å². The van der Waals surface area contributed by atoms with Gasteiger partial charge in [0, 0.05) is 24.5 Å². The Morgan fingerprint density at radius 3 is 2.88 bits per heavy atom. The summed E-state index contributed by atoms with van der Waals surface area (Å²) in [5, 5.41) is 9.11. The van der Waals surface area contributed by atoms with Gasteiger partial charge in [-0.05, 0) is 18.2 Å². The second-order valence-corrected chi connectivity index (χ2v) is 3.94. The van der Waals surface area contributed by atoms with Crippen LogP contribution < -0.4 is 0 Å². The van der Waals surface area contributed by atoms with Crippen LogP contribution in [0.4, 0.5) is 0 Å². The highest BCUT2D eigenvalue weighted by molar-refractivity contribution is 6.33. The number of aryl methyl sites for hydroxylation is 1. The summed E-state index contributed by atoms with van der Waals surface area (Å²) in [6, 6.07) is 4.85. The standard InChI is InChI=1S/C12H11ClN2O2/c1-2-11-14-5-6-15(11)8-3-4-9(12(16)17)10(13)7-8/h3-7H,2H2,1H3,(H,16,17). The van der Waals surface area contributed by atoms with E-state index in [1.165, 1.54) is 6.07 Å². The lowest BCUT2D eigenvalue weighted by Crippen LogP contribution is -2.02. The van der Waals surface area contributed by atoms with E-state index in [0.29, 0.717) is 0 Å². The Kier molecular flexibility index (Phi) is 3.15. The highest BCUT2D eigenvalue weighted by Gasteiger charge is 2.10. The minimum absolute atomic E-state index is 0.105. The summed E-state index contributed by atoms with van der Waals surface area (Å²) in [4.78, 5) is 15.0. The van der Waals surface area contributed by atoms with Gasteiger partial charge in [-0.25, -0.2) is 9.78 Å². The van der Waals surface area contributed by atoms with Crippen molar-refractivity contribution in [2.75, 3.05) is 0 Å². The van der Waals surface area contributed by atoms with Crippen LogP contribution in [0, 0.1) is 0 Å². The van der Waals surface area contributed by atoms with Gasteiger partial charge >= 0.3 is 5.97 Å². The highest BCUT2D eigenvalue weighted by Crippen LogP contribution is 2.21. The topological polar surface area (TPSA) is 55.1 Å². The summed E-state index contributed by atoms with van der Waals surface area (Å²) in [5.41, 5.74) is 0.919. The predicted octanol–water partition coefficient (Wildman–Crippen LogP) is 2.79. The van der Waals surface area contributed by atoms with Crippen LogP contribution in [0.1, 0.15) is 23.1 Å². The number of imidazole rings is 1. The van der Waals surface area contributed by atoms with Crippen molar-refractivity contribution >= 4 is 17.6 Å². The van der Waals surface area contributed by atoms with Crippen LogP contribution in [0.25, 0.3) is 5.69 Å². The molecule has 0 aliphatic heterocycles. The minimum atomic E-state index is -1.03. The van der Waals surface area contributed by atoms with E-state index in [9.17, 15) is 4.79 Å². The number of hydrogen-bond donors (Lipinski definition) is 1. The molecule has 1 N–H and O–H groups in total. The maximum atomic E-state index is 10.8. The Bertz CT molecular complexity index is 563. The summed E-state index contributed by atoms with van der Waals surface area (Å²) in [5.74, 6) is -0.118. The van der Waals surface area contributed by atoms with E-state index in [1.807, 2.05) is 17.7 Å². The van der Waals surface area contributed by atoms with Gasteiger partial charge in [0.15, 0.2) is 0 Å². The van der Waals surface area contributed by atoms with Gasteiger partial charge in [0.25, 0.3) is 0 Å². The van der Waals surface area contributed by atoms with Crippen LogP contribution in [-0.2, 0) is 6.42 Å². The van der Waals surface area contributed by atoms with Crippen molar-refractivity contribution in [2.45, 2.75) is 13.3 Å². The predicted molar refractivity (Wildman–Crippen MR) is 64.9 cm³/mol. The maximum Gasteiger partial charge on any atom is 0.337 e. The summed E-state index contributed by atoms with van der Waals surface area (Å²) >= 11 is 5.92. The molecule has 0 saturated heterocycles. The maximum absolute atomic E-state index is 10.8. The van der Waals surface area contributed by atoms with E-state index in [4.69, 9.17) is 16.7 Å². The Morgan fingerprint density at radius 2 is 2.29 bits per heavy atom. The van der Waals surface area contributed by atoms with E-state index in [0.717, 1.165) is 17.9 Å². The van der Waals surface area contributed by atoms with Crippen LogP contribution in [0.3, 0.4) is 0 Å². The van der Waals surface area contributed by atoms with Gasteiger partial charge < -0.3 is 9.67 Å². The first-order chi connectivity index (χ1) is 8.13. The lowest BCUT2D eigenvalue weighted by atomic mass is 10.2. The molecular weight excluding hydrogens is 240 g/mol.